The average Bonchev–Trinajstić information content (AvgIpc) is 2.66. The third kappa shape index (κ3) is 5.38. The van der Waals surface area contributed by atoms with Crippen LogP contribution in [0.3, 0.4) is 0 Å². The standard InChI is InChI=1S/C19H23N3O4S/c1-14(16-7-5-4-6-8-16)21-19(24)18(23)20-13-15-9-11-17(12-10-15)27(25,26)22(2)3/h4-12,14H,13H2,1-3H3,(H,20,23)(H,21,24). The summed E-state index contributed by atoms with van der Waals surface area (Å²) in [5.41, 5.74) is 1.58. The summed E-state index contributed by atoms with van der Waals surface area (Å²) in [6, 6.07) is 15.2. The van der Waals surface area contributed by atoms with E-state index in [2.05, 4.69) is 10.6 Å². The molecule has 0 aliphatic rings. The summed E-state index contributed by atoms with van der Waals surface area (Å²) < 4.78 is 25.2. The summed E-state index contributed by atoms with van der Waals surface area (Å²) in [6.45, 7) is 1.92. The molecule has 2 amide bonds. The fourth-order valence-electron chi connectivity index (χ4n) is 2.34. The molecule has 0 aliphatic carbocycles. The highest BCUT2D eigenvalue weighted by atomic mass is 32.2. The normalized spacial score (nSPS) is 12.4. The van der Waals surface area contributed by atoms with Gasteiger partial charge < -0.3 is 10.6 Å². The van der Waals surface area contributed by atoms with Gasteiger partial charge in [0.1, 0.15) is 0 Å². The summed E-state index contributed by atoms with van der Waals surface area (Å²) in [5.74, 6) is -1.47. The van der Waals surface area contributed by atoms with Gasteiger partial charge >= 0.3 is 11.8 Å². The van der Waals surface area contributed by atoms with E-state index in [4.69, 9.17) is 0 Å². The summed E-state index contributed by atoms with van der Waals surface area (Å²) in [6.07, 6.45) is 0. The topological polar surface area (TPSA) is 95.6 Å². The number of nitrogens with zero attached hydrogens (tertiary/aromatic N) is 1. The number of amides is 2. The minimum atomic E-state index is -3.50. The summed E-state index contributed by atoms with van der Waals surface area (Å²) >= 11 is 0. The molecule has 0 bridgehead atoms. The van der Waals surface area contributed by atoms with Crippen molar-refractivity contribution in [2.24, 2.45) is 0 Å². The predicted molar refractivity (Wildman–Crippen MR) is 102 cm³/mol. The van der Waals surface area contributed by atoms with E-state index in [1.54, 1.807) is 19.1 Å². The highest BCUT2D eigenvalue weighted by Crippen LogP contribution is 2.14. The summed E-state index contributed by atoms with van der Waals surface area (Å²) in [7, 11) is -0.583. The van der Waals surface area contributed by atoms with Crippen molar-refractivity contribution in [3.05, 3.63) is 65.7 Å². The van der Waals surface area contributed by atoms with Gasteiger partial charge in [-0.25, -0.2) is 12.7 Å². The third-order valence-corrected chi connectivity index (χ3v) is 5.84. The molecule has 0 saturated heterocycles. The molecule has 2 aromatic rings. The Hall–Kier alpha value is -2.71. The molecule has 144 valence electrons. The molecule has 1 atom stereocenters. The Morgan fingerprint density at radius 3 is 2.11 bits per heavy atom. The lowest BCUT2D eigenvalue weighted by Crippen LogP contribution is -2.40. The smallest absolute Gasteiger partial charge is 0.309 e. The molecule has 1 unspecified atom stereocenters. The Kier molecular flexibility index (Phi) is 6.70. The maximum Gasteiger partial charge on any atom is 0.309 e. The van der Waals surface area contributed by atoms with Gasteiger partial charge in [-0.05, 0) is 30.2 Å². The van der Waals surface area contributed by atoms with Crippen LogP contribution >= 0.6 is 0 Å². The van der Waals surface area contributed by atoms with Gasteiger partial charge in [0.05, 0.1) is 10.9 Å². The first kappa shape index (κ1) is 20.6. The van der Waals surface area contributed by atoms with E-state index < -0.39 is 21.8 Å². The van der Waals surface area contributed by atoms with Gasteiger partial charge in [0.2, 0.25) is 10.0 Å². The van der Waals surface area contributed by atoms with Gasteiger partial charge in [0.25, 0.3) is 0 Å². The first-order valence-corrected chi connectivity index (χ1v) is 9.81. The number of nitrogens with one attached hydrogen (secondary N) is 2. The first-order chi connectivity index (χ1) is 12.7. The number of hydrogen-bond donors (Lipinski definition) is 2. The Labute approximate surface area is 159 Å². The van der Waals surface area contributed by atoms with Crippen molar-refractivity contribution >= 4 is 21.8 Å². The van der Waals surface area contributed by atoms with E-state index in [9.17, 15) is 18.0 Å². The molecule has 0 aliphatic heterocycles. The molecule has 0 heterocycles. The van der Waals surface area contributed by atoms with Crippen molar-refractivity contribution in [1.29, 1.82) is 0 Å². The SMILES string of the molecule is CC(NC(=O)C(=O)NCc1ccc(S(=O)(=O)N(C)C)cc1)c1ccccc1. The van der Waals surface area contributed by atoms with Crippen LogP contribution in [0.2, 0.25) is 0 Å². The fraction of sp³-hybridized carbons (Fsp3) is 0.263. The van der Waals surface area contributed by atoms with Gasteiger partial charge in [-0.3, -0.25) is 9.59 Å². The van der Waals surface area contributed by atoms with Crippen molar-refractivity contribution in [3.8, 4) is 0 Å². The van der Waals surface area contributed by atoms with E-state index in [1.807, 2.05) is 30.3 Å². The monoisotopic (exact) mass is 389 g/mol. The lowest BCUT2D eigenvalue weighted by molar-refractivity contribution is -0.139. The molecule has 2 rings (SSSR count). The lowest BCUT2D eigenvalue weighted by atomic mass is 10.1. The second-order valence-electron chi connectivity index (χ2n) is 6.22. The molecule has 27 heavy (non-hydrogen) atoms. The summed E-state index contributed by atoms with van der Waals surface area (Å²) in [5, 5.41) is 5.16. The average molecular weight is 389 g/mol. The van der Waals surface area contributed by atoms with Crippen LogP contribution in [0.15, 0.2) is 59.5 Å². The van der Waals surface area contributed by atoms with E-state index >= 15 is 0 Å². The van der Waals surface area contributed by atoms with Gasteiger partial charge in [0, 0.05) is 20.6 Å². The van der Waals surface area contributed by atoms with Crippen molar-refractivity contribution in [1.82, 2.24) is 14.9 Å². The minimum absolute atomic E-state index is 0.119. The van der Waals surface area contributed by atoms with Gasteiger partial charge in [-0.15, -0.1) is 0 Å². The maximum atomic E-state index is 12.0. The zero-order valence-corrected chi connectivity index (χ0v) is 16.3. The number of sulfonamides is 1. The summed E-state index contributed by atoms with van der Waals surface area (Å²) in [4.78, 5) is 24.1. The van der Waals surface area contributed by atoms with Crippen LogP contribution in [0, 0.1) is 0 Å². The molecule has 0 fully saturated rings. The molecule has 0 radical (unpaired) electrons. The van der Waals surface area contributed by atoms with Gasteiger partial charge in [-0.2, -0.15) is 0 Å². The molecule has 2 aromatic carbocycles. The quantitative estimate of drug-likeness (QED) is 0.731. The Morgan fingerprint density at radius 1 is 0.963 bits per heavy atom. The van der Waals surface area contributed by atoms with E-state index in [0.717, 1.165) is 9.87 Å². The highest BCUT2D eigenvalue weighted by Gasteiger charge is 2.18. The minimum Gasteiger partial charge on any atom is -0.344 e. The van der Waals surface area contributed by atoms with Crippen LogP contribution in [0.25, 0.3) is 0 Å². The second kappa shape index (κ2) is 8.79. The van der Waals surface area contributed by atoms with Crippen LogP contribution in [0.5, 0.6) is 0 Å². The molecule has 0 saturated carbocycles. The van der Waals surface area contributed by atoms with E-state index in [0.29, 0.717) is 5.56 Å². The third-order valence-electron chi connectivity index (χ3n) is 4.01. The molecular formula is C19H23N3O4S. The van der Waals surface area contributed by atoms with Crippen molar-refractivity contribution < 1.29 is 18.0 Å². The van der Waals surface area contributed by atoms with Crippen molar-refractivity contribution in [2.45, 2.75) is 24.4 Å². The molecular weight excluding hydrogens is 366 g/mol. The van der Waals surface area contributed by atoms with Crippen LogP contribution in [0.4, 0.5) is 0 Å². The van der Waals surface area contributed by atoms with Gasteiger partial charge in [0.15, 0.2) is 0 Å². The first-order valence-electron chi connectivity index (χ1n) is 8.37. The number of carbonyl (C=O) groups excluding carboxylic acids is 2. The Bertz CT molecular complexity index is 894. The van der Waals surface area contributed by atoms with Crippen LogP contribution in [-0.2, 0) is 26.2 Å². The molecule has 7 nitrogen and oxygen atoms in total. The largest absolute Gasteiger partial charge is 0.344 e. The zero-order valence-electron chi connectivity index (χ0n) is 15.5. The van der Waals surface area contributed by atoms with Crippen molar-refractivity contribution in [2.75, 3.05) is 14.1 Å². The maximum absolute atomic E-state index is 12.0. The second-order valence-corrected chi connectivity index (χ2v) is 8.37. The molecule has 8 heteroatoms. The zero-order chi connectivity index (χ0) is 20.0. The van der Waals surface area contributed by atoms with E-state index in [-0.39, 0.29) is 17.5 Å². The lowest BCUT2D eigenvalue weighted by Gasteiger charge is -2.14. The number of rotatable bonds is 6. The Balaban J connectivity index is 1.90. The molecule has 0 aromatic heterocycles. The predicted octanol–water partition coefficient (Wildman–Crippen LogP) is 1.43. The molecule has 0 spiro atoms. The van der Waals surface area contributed by atoms with E-state index in [1.165, 1.54) is 26.2 Å². The number of hydrogen-bond acceptors (Lipinski definition) is 4. The van der Waals surface area contributed by atoms with Crippen molar-refractivity contribution in [3.63, 3.8) is 0 Å². The van der Waals surface area contributed by atoms with Crippen LogP contribution in [-0.4, -0.2) is 38.6 Å². The Morgan fingerprint density at radius 2 is 1.56 bits per heavy atom. The highest BCUT2D eigenvalue weighted by molar-refractivity contribution is 7.89. The fourth-order valence-corrected chi connectivity index (χ4v) is 3.24. The van der Waals surface area contributed by atoms with Crippen LogP contribution < -0.4 is 10.6 Å². The van der Waals surface area contributed by atoms with Gasteiger partial charge in [-0.1, -0.05) is 42.5 Å². The number of benzene rings is 2. The molecule has 2 N–H and O–H groups in total. The van der Waals surface area contributed by atoms with Crippen LogP contribution in [0.1, 0.15) is 24.1 Å². The number of carbonyl (C=O) groups is 2.